The summed E-state index contributed by atoms with van der Waals surface area (Å²) in [5.41, 5.74) is 4.03. The Kier molecular flexibility index (Phi) is 4.47. The van der Waals surface area contributed by atoms with Crippen molar-refractivity contribution in [3.63, 3.8) is 0 Å². The van der Waals surface area contributed by atoms with Crippen molar-refractivity contribution >= 4 is 5.69 Å². The van der Waals surface area contributed by atoms with E-state index in [-0.39, 0.29) is 0 Å². The molecule has 1 aromatic rings. The van der Waals surface area contributed by atoms with Gasteiger partial charge in [0.1, 0.15) is 0 Å². The first-order chi connectivity index (χ1) is 8.25. The van der Waals surface area contributed by atoms with E-state index in [0.717, 1.165) is 12.5 Å². The van der Waals surface area contributed by atoms with Gasteiger partial charge in [0.05, 0.1) is 0 Å². The Morgan fingerprint density at radius 2 is 1.88 bits per heavy atom. The van der Waals surface area contributed by atoms with Gasteiger partial charge in [-0.15, -0.1) is 0 Å². The Bertz CT molecular complexity index is 351. The van der Waals surface area contributed by atoms with Crippen molar-refractivity contribution in [3.05, 3.63) is 29.3 Å². The van der Waals surface area contributed by atoms with Gasteiger partial charge in [0, 0.05) is 12.2 Å². The van der Waals surface area contributed by atoms with Crippen molar-refractivity contribution in [2.45, 2.75) is 52.4 Å². The monoisotopic (exact) mass is 231 g/mol. The summed E-state index contributed by atoms with van der Waals surface area (Å²) in [6, 6.07) is 6.66. The minimum atomic E-state index is 0.974. The number of hydrogen-bond donors (Lipinski definition) is 1. The molecule has 0 radical (unpaired) electrons. The minimum absolute atomic E-state index is 0.974. The Labute approximate surface area is 106 Å². The molecule has 1 fully saturated rings. The molecule has 1 aliphatic rings. The van der Waals surface area contributed by atoms with E-state index in [2.05, 4.69) is 37.4 Å². The Hall–Kier alpha value is -0.980. The summed E-state index contributed by atoms with van der Waals surface area (Å²) < 4.78 is 0. The van der Waals surface area contributed by atoms with E-state index in [4.69, 9.17) is 0 Å². The average Bonchev–Trinajstić information content (AvgIpc) is 2.33. The molecular weight excluding hydrogens is 206 g/mol. The Balaban J connectivity index is 1.77. The van der Waals surface area contributed by atoms with Crippen LogP contribution in [-0.4, -0.2) is 6.54 Å². The average molecular weight is 231 g/mol. The molecule has 94 valence electrons. The summed E-state index contributed by atoms with van der Waals surface area (Å²) in [7, 11) is 0. The zero-order valence-electron chi connectivity index (χ0n) is 11.3. The second-order valence-corrected chi connectivity index (χ2v) is 5.54. The fourth-order valence-electron chi connectivity index (χ4n) is 2.90. The Morgan fingerprint density at radius 1 is 1.12 bits per heavy atom. The molecule has 1 aromatic carbocycles. The van der Waals surface area contributed by atoms with Gasteiger partial charge in [0.2, 0.25) is 0 Å². The zero-order valence-corrected chi connectivity index (χ0v) is 11.3. The summed E-state index contributed by atoms with van der Waals surface area (Å²) in [6.45, 7) is 5.48. The summed E-state index contributed by atoms with van der Waals surface area (Å²) in [5.74, 6) is 0.974. The lowest BCUT2D eigenvalue weighted by molar-refractivity contribution is 0.345. The zero-order chi connectivity index (χ0) is 12.1. The second kappa shape index (κ2) is 6.09. The minimum Gasteiger partial charge on any atom is -0.385 e. The third-order valence-electron chi connectivity index (χ3n) is 3.97. The fraction of sp³-hybridized carbons (Fsp3) is 0.625. The number of hydrogen-bond acceptors (Lipinski definition) is 1. The standard InChI is InChI=1S/C16H25N/c1-13-8-9-16(14(2)12-13)17-11-10-15-6-4-3-5-7-15/h8-9,12,15,17H,3-7,10-11H2,1-2H3. The quantitative estimate of drug-likeness (QED) is 0.793. The summed E-state index contributed by atoms with van der Waals surface area (Å²) in [5, 5.41) is 3.59. The second-order valence-electron chi connectivity index (χ2n) is 5.54. The molecule has 0 aliphatic heterocycles. The van der Waals surface area contributed by atoms with E-state index in [0.29, 0.717) is 0 Å². The van der Waals surface area contributed by atoms with Crippen LogP contribution < -0.4 is 5.32 Å². The van der Waals surface area contributed by atoms with Gasteiger partial charge in [0.25, 0.3) is 0 Å². The van der Waals surface area contributed by atoms with E-state index >= 15 is 0 Å². The maximum absolute atomic E-state index is 3.59. The summed E-state index contributed by atoms with van der Waals surface area (Å²) >= 11 is 0. The highest BCUT2D eigenvalue weighted by Gasteiger charge is 2.12. The van der Waals surface area contributed by atoms with E-state index in [9.17, 15) is 0 Å². The molecule has 1 heteroatoms. The van der Waals surface area contributed by atoms with Gasteiger partial charge in [-0.2, -0.15) is 0 Å². The molecule has 0 saturated heterocycles. The number of nitrogens with one attached hydrogen (secondary N) is 1. The molecule has 0 aromatic heterocycles. The molecule has 0 spiro atoms. The lowest BCUT2D eigenvalue weighted by Gasteiger charge is -2.22. The van der Waals surface area contributed by atoms with Crippen molar-refractivity contribution in [3.8, 4) is 0 Å². The highest BCUT2D eigenvalue weighted by molar-refractivity contribution is 5.51. The third-order valence-corrected chi connectivity index (χ3v) is 3.97. The SMILES string of the molecule is Cc1ccc(NCCC2CCCCC2)c(C)c1. The van der Waals surface area contributed by atoms with E-state index in [1.54, 1.807) is 0 Å². The molecule has 0 unspecified atom stereocenters. The molecule has 0 atom stereocenters. The largest absolute Gasteiger partial charge is 0.385 e. The maximum atomic E-state index is 3.59. The van der Waals surface area contributed by atoms with Crippen molar-refractivity contribution < 1.29 is 0 Å². The van der Waals surface area contributed by atoms with Crippen LogP contribution in [0.15, 0.2) is 18.2 Å². The molecule has 0 heterocycles. The van der Waals surface area contributed by atoms with Crippen molar-refractivity contribution in [1.82, 2.24) is 0 Å². The van der Waals surface area contributed by atoms with Crippen LogP contribution in [0.25, 0.3) is 0 Å². The molecule has 0 amide bonds. The number of aryl methyl sites for hydroxylation is 2. The smallest absolute Gasteiger partial charge is 0.0370 e. The molecule has 2 rings (SSSR count). The van der Waals surface area contributed by atoms with Gasteiger partial charge in [0.15, 0.2) is 0 Å². The normalized spacial score (nSPS) is 17.1. The lowest BCUT2D eigenvalue weighted by Crippen LogP contribution is -2.12. The molecule has 17 heavy (non-hydrogen) atoms. The van der Waals surface area contributed by atoms with Gasteiger partial charge in [-0.25, -0.2) is 0 Å². The van der Waals surface area contributed by atoms with Gasteiger partial charge in [-0.3, -0.25) is 0 Å². The first kappa shape index (κ1) is 12.5. The number of benzene rings is 1. The van der Waals surface area contributed by atoms with E-state index < -0.39 is 0 Å². The number of anilines is 1. The lowest BCUT2D eigenvalue weighted by atomic mass is 9.87. The van der Waals surface area contributed by atoms with Crippen molar-refractivity contribution in [2.75, 3.05) is 11.9 Å². The molecular formula is C16H25N. The van der Waals surface area contributed by atoms with Crippen LogP contribution in [0.2, 0.25) is 0 Å². The van der Waals surface area contributed by atoms with E-state index in [1.165, 1.54) is 55.3 Å². The molecule has 1 nitrogen and oxygen atoms in total. The maximum Gasteiger partial charge on any atom is 0.0370 e. The highest BCUT2D eigenvalue weighted by Crippen LogP contribution is 2.26. The topological polar surface area (TPSA) is 12.0 Å². The van der Waals surface area contributed by atoms with Crippen LogP contribution in [0.4, 0.5) is 5.69 Å². The van der Waals surface area contributed by atoms with Crippen LogP contribution in [0.5, 0.6) is 0 Å². The highest BCUT2D eigenvalue weighted by atomic mass is 14.9. The van der Waals surface area contributed by atoms with E-state index in [1.807, 2.05) is 0 Å². The van der Waals surface area contributed by atoms with Crippen molar-refractivity contribution in [1.29, 1.82) is 0 Å². The first-order valence-electron chi connectivity index (χ1n) is 7.07. The van der Waals surface area contributed by atoms with Crippen LogP contribution >= 0.6 is 0 Å². The van der Waals surface area contributed by atoms with Crippen molar-refractivity contribution in [2.24, 2.45) is 5.92 Å². The van der Waals surface area contributed by atoms with Crippen LogP contribution in [0.3, 0.4) is 0 Å². The molecule has 1 N–H and O–H groups in total. The summed E-state index contributed by atoms with van der Waals surface area (Å²) in [4.78, 5) is 0. The van der Waals surface area contributed by atoms with Gasteiger partial charge in [-0.05, 0) is 37.8 Å². The summed E-state index contributed by atoms with van der Waals surface area (Å²) in [6.07, 6.45) is 8.61. The predicted octanol–water partition coefficient (Wildman–Crippen LogP) is 4.69. The Morgan fingerprint density at radius 3 is 2.59 bits per heavy atom. The van der Waals surface area contributed by atoms with Crippen LogP contribution in [0.1, 0.15) is 49.7 Å². The molecule has 1 saturated carbocycles. The van der Waals surface area contributed by atoms with Gasteiger partial charge >= 0.3 is 0 Å². The third kappa shape index (κ3) is 3.76. The molecule has 1 aliphatic carbocycles. The number of rotatable bonds is 4. The van der Waals surface area contributed by atoms with Crippen LogP contribution in [-0.2, 0) is 0 Å². The van der Waals surface area contributed by atoms with Gasteiger partial charge in [-0.1, -0.05) is 49.8 Å². The van der Waals surface area contributed by atoms with Crippen LogP contribution in [0, 0.1) is 19.8 Å². The molecule has 0 bridgehead atoms. The first-order valence-corrected chi connectivity index (χ1v) is 7.07. The fourth-order valence-corrected chi connectivity index (χ4v) is 2.90. The predicted molar refractivity (Wildman–Crippen MR) is 75.6 cm³/mol. The van der Waals surface area contributed by atoms with Gasteiger partial charge < -0.3 is 5.32 Å².